The number of hydrogen-bond donors (Lipinski definition) is 1. The topological polar surface area (TPSA) is 24.5 Å². The summed E-state index contributed by atoms with van der Waals surface area (Å²) in [7, 11) is 4.14. The van der Waals surface area contributed by atoms with Gasteiger partial charge in [0.25, 0.3) is 0 Å². The van der Waals surface area contributed by atoms with Crippen molar-refractivity contribution in [1.29, 1.82) is 0 Å². The first kappa shape index (κ1) is 13.8. The molecule has 0 saturated heterocycles. The first-order chi connectivity index (χ1) is 10.2. The van der Waals surface area contributed by atoms with E-state index < -0.39 is 0 Å². The second kappa shape index (κ2) is 5.68. The van der Waals surface area contributed by atoms with E-state index in [0.717, 1.165) is 18.0 Å². The maximum atomic E-state index is 5.83. The predicted molar refractivity (Wildman–Crippen MR) is 88.2 cm³/mol. The zero-order valence-electron chi connectivity index (χ0n) is 12.8. The Morgan fingerprint density at radius 2 is 1.76 bits per heavy atom. The van der Waals surface area contributed by atoms with Crippen LogP contribution in [0.3, 0.4) is 0 Å². The number of rotatable bonds is 3. The number of nitrogens with zero attached hydrogens (tertiary/aromatic N) is 1. The highest BCUT2D eigenvalue weighted by molar-refractivity contribution is 5.70. The fraction of sp³-hybridized carbons (Fsp3) is 0.333. The second-order valence-corrected chi connectivity index (χ2v) is 5.86. The summed E-state index contributed by atoms with van der Waals surface area (Å²) in [6.45, 7) is 2.98. The second-order valence-electron chi connectivity index (χ2n) is 5.86. The van der Waals surface area contributed by atoms with Gasteiger partial charge in [-0.25, -0.2) is 0 Å². The quantitative estimate of drug-likeness (QED) is 0.923. The van der Waals surface area contributed by atoms with E-state index >= 15 is 0 Å². The lowest BCUT2D eigenvalue weighted by molar-refractivity contribution is 0.214. The van der Waals surface area contributed by atoms with Crippen LogP contribution in [-0.4, -0.2) is 20.7 Å². The number of nitrogens with one attached hydrogen (secondary N) is 1. The average Bonchev–Trinajstić information content (AvgIpc) is 2.50. The van der Waals surface area contributed by atoms with Crippen LogP contribution in [0.25, 0.3) is 0 Å². The molecule has 110 valence electrons. The first-order valence-electron chi connectivity index (χ1n) is 7.41. The van der Waals surface area contributed by atoms with Gasteiger partial charge in [-0.2, -0.15) is 0 Å². The van der Waals surface area contributed by atoms with E-state index in [9.17, 15) is 0 Å². The van der Waals surface area contributed by atoms with Crippen molar-refractivity contribution >= 4 is 11.4 Å². The van der Waals surface area contributed by atoms with Crippen molar-refractivity contribution in [3.8, 4) is 5.75 Å². The average molecular weight is 282 g/mol. The molecule has 21 heavy (non-hydrogen) atoms. The summed E-state index contributed by atoms with van der Waals surface area (Å²) in [5.74, 6) is 1.42. The van der Waals surface area contributed by atoms with Crippen LogP contribution in [0, 0.1) is 5.92 Å². The minimum atomic E-state index is 0.274. The van der Waals surface area contributed by atoms with Crippen molar-refractivity contribution in [3.05, 3.63) is 54.1 Å². The van der Waals surface area contributed by atoms with E-state index in [1.165, 1.54) is 11.3 Å². The fourth-order valence-electron chi connectivity index (χ4n) is 2.87. The molecule has 0 radical (unpaired) electrons. The number of anilines is 2. The van der Waals surface area contributed by atoms with Crippen LogP contribution in [0.4, 0.5) is 11.4 Å². The zero-order valence-corrected chi connectivity index (χ0v) is 12.8. The highest BCUT2D eigenvalue weighted by atomic mass is 16.5. The molecule has 0 fully saturated rings. The van der Waals surface area contributed by atoms with Crippen LogP contribution < -0.4 is 15.0 Å². The van der Waals surface area contributed by atoms with Gasteiger partial charge in [0, 0.05) is 25.6 Å². The lowest BCUT2D eigenvalue weighted by Gasteiger charge is -2.33. The Kier molecular flexibility index (Phi) is 3.74. The van der Waals surface area contributed by atoms with Crippen molar-refractivity contribution in [2.24, 2.45) is 5.92 Å². The summed E-state index contributed by atoms with van der Waals surface area (Å²) >= 11 is 0. The van der Waals surface area contributed by atoms with Gasteiger partial charge >= 0.3 is 0 Å². The molecule has 2 atom stereocenters. The molecule has 0 aromatic heterocycles. The van der Waals surface area contributed by atoms with Gasteiger partial charge < -0.3 is 15.0 Å². The SMILES string of the molecule is CC1COc2ccccc2C1Nc1ccccc1N(C)C. The van der Waals surface area contributed by atoms with Crippen molar-refractivity contribution in [2.45, 2.75) is 13.0 Å². The predicted octanol–water partition coefficient (Wildman–Crippen LogP) is 3.93. The Balaban J connectivity index is 1.95. The van der Waals surface area contributed by atoms with Crippen LogP contribution in [0.1, 0.15) is 18.5 Å². The molecule has 0 aliphatic carbocycles. The Morgan fingerprint density at radius 1 is 1.05 bits per heavy atom. The molecule has 3 nitrogen and oxygen atoms in total. The highest BCUT2D eigenvalue weighted by Crippen LogP contribution is 2.38. The molecule has 1 heterocycles. The van der Waals surface area contributed by atoms with Gasteiger partial charge in [0.05, 0.1) is 24.0 Å². The van der Waals surface area contributed by atoms with Crippen LogP contribution in [-0.2, 0) is 0 Å². The van der Waals surface area contributed by atoms with Crippen molar-refractivity contribution < 1.29 is 4.74 Å². The number of benzene rings is 2. The standard InChI is InChI=1S/C18H22N2O/c1-13-12-21-17-11-7-4-8-14(17)18(13)19-15-9-5-6-10-16(15)20(2)3/h4-11,13,18-19H,12H2,1-3H3. The molecule has 0 saturated carbocycles. The Hall–Kier alpha value is -2.16. The third kappa shape index (κ3) is 2.68. The molecule has 1 aliphatic rings. The van der Waals surface area contributed by atoms with E-state index in [2.05, 4.69) is 67.6 Å². The molecule has 0 spiro atoms. The van der Waals surface area contributed by atoms with Gasteiger partial charge in [-0.15, -0.1) is 0 Å². The van der Waals surface area contributed by atoms with Crippen molar-refractivity contribution in [2.75, 3.05) is 30.9 Å². The molecule has 0 amide bonds. The summed E-state index contributed by atoms with van der Waals surface area (Å²) in [6, 6.07) is 17.0. The lowest BCUT2D eigenvalue weighted by atomic mass is 9.91. The molecule has 3 rings (SSSR count). The fourth-order valence-corrected chi connectivity index (χ4v) is 2.87. The van der Waals surface area contributed by atoms with Crippen LogP contribution in [0.15, 0.2) is 48.5 Å². The zero-order chi connectivity index (χ0) is 14.8. The number of ether oxygens (including phenoxy) is 1. The Labute approximate surface area is 126 Å². The summed E-state index contributed by atoms with van der Waals surface area (Å²) < 4.78 is 5.83. The number of fused-ring (bicyclic) bond motifs is 1. The molecular formula is C18H22N2O. The van der Waals surface area contributed by atoms with Crippen LogP contribution >= 0.6 is 0 Å². The molecule has 2 unspecified atom stereocenters. The van der Waals surface area contributed by atoms with Gasteiger partial charge in [0.2, 0.25) is 0 Å². The number of para-hydroxylation sites is 3. The van der Waals surface area contributed by atoms with Gasteiger partial charge in [-0.3, -0.25) is 0 Å². The largest absolute Gasteiger partial charge is 0.493 e. The number of hydrogen-bond acceptors (Lipinski definition) is 3. The van der Waals surface area contributed by atoms with Crippen molar-refractivity contribution in [1.82, 2.24) is 0 Å². The van der Waals surface area contributed by atoms with Crippen molar-refractivity contribution in [3.63, 3.8) is 0 Å². The van der Waals surface area contributed by atoms with E-state index in [0.29, 0.717) is 5.92 Å². The van der Waals surface area contributed by atoms with E-state index in [1.807, 2.05) is 12.1 Å². The summed E-state index contributed by atoms with van der Waals surface area (Å²) in [5.41, 5.74) is 3.61. The maximum absolute atomic E-state index is 5.83. The summed E-state index contributed by atoms with van der Waals surface area (Å²) in [5, 5.41) is 3.72. The Bertz CT molecular complexity index is 624. The minimum Gasteiger partial charge on any atom is -0.493 e. The molecule has 1 aliphatic heterocycles. The van der Waals surface area contributed by atoms with Gasteiger partial charge in [0.1, 0.15) is 5.75 Å². The van der Waals surface area contributed by atoms with Crippen LogP contribution in [0.2, 0.25) is 0 Å². The van der Waals surface area contributed by atoms with Crippen LogP contribution in [0.5, 0.6) is 5.75 Å². The highest BCUT2D eigenvalue weighted by Gasteiger charge is 2.28. The van der Waals surface area contributed by atoms with E-state index in [-0.39, 0.29) is 6.04 Å². The molecule has 2 aromatic carbocycles. The van der Waals surface area contributed by atoms with Gasteiger partial charge in [-0.1, -0.05) is 37.3 Å². The monoisotopic (exact) mass is 282 g/mol. The van der Waals surface area contributed by atoms with E-state index in [1.54, 1.807) is 0 Å². The van der Waals surface area contributed by atoms with Gasteiger partial charge in [-0.05, 0) is 18.2 Å². The summed E-state index contributed by atoms with van der Waals surface area (Å²) in [6.07, 6.45) is 0. The minimum absolute atomic E-state index is 0.274. The normalized spacial score (nSPS) is 20.3. The Morgan fingerprint density at radius 3 is 2.57 bits per heavy atom. The van der Waals surface area contributed by atoms with Gasteiger partial charge in [0.15, 0.2) is 0 Å². The molecule has 2 aromatic rings. The smallest absolute Gasteiger partial charge is 0.124 e. The maximum Gasteiger partial charge on any atom is 0.124 e. The lowest BCUT2D eigenvalue weighted by Crippen LogP contribution is -2.29. The third-order valence-corrected chi connectivity index (χ3v) is 4.02. The van der Waals surface area contributed by atoms with E-state index in [4.69, 9.17) is 4.74 Å². The molecule has 3 heteroatoms. The molecule has 0 bridgehead atoms. The third-order valence-electron chi connectivity index (χ3n) is 4.02. The summed E-state index contributed by atoms with van der Waals surface area (Å²) in [4.78, 5) is 2.14. The first-order valence-corrected chi connectivity index (χ1v) is 7.41. The molecular weight excluding hydrogens is 260 g/mol. The molecule has 1 N–H and O–H groups in total.